The molecule has 0 aliphatic heterocycles. The van der Waals surface area contributed by atoms with Crippen LogP contribution in [0.25, 0.3) is 0 Å². The molecular weight excluding hydrogens is 290 g/mol. The van der Waals surface area contributed by atoms with Crippen LogP contribution in [0.15, 0.2) is 24.3 Å². The van der Waals surface area contributed by atoms with Gasteiger partial charge in [0.25, 0.3) is 0 Å². The average Bonchev–Trinajstić information content (AvgIpc) is 2.48. The molecule has 1 aliphatic rings. The molecule has 114 valence electrons. The SMILES string of the molecule is NC(=O)C1CCC(NCC(=O)Nc2ccccc2Cl)CC1. The number of carbonyl (C=O) groups excluding carboxylic acids is 2. The molecule has 6 heteroatoms. The highest BCUT2D eigenvalue weighted by Crippen LogP contribution is 2.24. The lowest BCUT2D eigenvalue weighted by Crippen LogP contribution is -2.40. The number of anilines is 1. The third-order valence-electron chi connectivity index (χ3n) is 3.83. The quantitative estimate of drug-likeness (QED) is 0.777. The fourth-order valence-electron chi connectivity index (χ4n) is 2.58. The summed E-state index contributed by atoms with van der Waals surface area (Å²) in [5, 5.41) is 6.50. The monoisotopic (exact) mass is 309 g/mol. The van der Waals surface area contributed by atoms with Crippen molar-refractivity contribution >= 4 is 29.1 Å². The molecule has 0 atom stereocenters. The summed E-state index contributed by atoms with van der Waals surface area (Å²) >= 11 is 5.98. The Morgan fingerprint density at radius 1 is 1.19 bits per heavy atom. The Labute approximate surface area is 129 Å². The minimum atomic E-state index is -0.218. The fraction of sp³-hybridized carbons (Fsp3) is 0.467. The zero-order chi connectivity index (χ0) is 15.2. The van der Waals surface area contributed by atoms with E-state index >= 15 is 0 Å². The topological polar surface area (TPSA) is 84.2 Å². The minimum absolute atomic E-state index is 0.0139. The Kier molecular flexibility index (Phi) is 5.59. The standard InChI is InChI=1S/C15H20ClN3O2/c16-12-3-1-2-4-13(12)19-14(20)9-18-11-7-5-10(6-8-11)15(17)21/h1-4,10-11,18H,5-9H2,(H2,17,21)(H,19,20). The van der Waals surface area contributed by atoms with Gasteiger partial charge in [-0.05, 0) is 37.8 Å². The number of hydrogen-bond acceptors (Lipinski definition) is 3. The lowest BCUT2D eigenvalue weighted by Gasteiger charge is -2.27. The summed E-state index contributed by atoms with van der Waals surface area (Å²) < 4.78 is 0. The number of benzene rings is 1. The molecule has 0 saturated heterocycles. The number of rotatable bonds is 5. The summed E-state index contributed by atoms with van der Waals surface area (Å²) in [7, 11) is 0. The first-order valence-corrected chi connectivity index (χ1v) is 7.51. The maximum Gasteiger partial charge on any atom is 0.238 e. The highest BCUT2D eigenvalue weighted by atomic mass is 35.5. The zero-order valence-electron chi connectivity index (χ0n) is 11.8. The van der Waals surface area contributed by atoms with Crippen LogP contribution in [0, 0.1) is 5.92 Å². The minimum Gasteiger partial charge on any atom is -0.369 e. The molecule has 0 heterocycles. The van der Waals surface area contributed by atoms with Gasteiger partial charge in [0.1, 0.15) is 0 Å². The van der Waals surface area contributed by atoms with Gasteiger partial charge in [-0.25, -0.2) is 0 Å². The van der Waals surface area contributed by atoms with Crippen molar-refractivity contribution in [1.82, 2.24) is 5.32 Å². The Morgan fingerprint density at radius 3 is 2.48 bits per heavy atom. The van der Waals surface area contributed by atoms with Crippen LogP contribution < -0.4 is 16.4 Å². The number of para-hydroxylation sites is 1. The molecule has 21 heavy (non-hydrogen) atoms. The van der Waals surface area contributed by atoms with Crippen LogP contribution in [0.3, 0.4) is 0 Å². The Hall–Kier alpha value is -1.59. The van der Waals surface area contributed by atoms with E-state index in [9.17, 15) is 9.59 Å². The maximum absolute atomic E-state index is 11.9. The summed E-state index contributed by atoms with van der Waals surface area (Å²) in [5.41, 5.74) is 5.91. The molecular formula is C15H20ClN3O2. The van der Waals surface area contributed by atoms with Gasteiger partial charge in [0, 0.05) is 12.0 Å². The van der Waals surface area contributed by atoms with E-state index in [1.165, 1.54) is 0 Å². The van der Waals surface area contributed by atoms with Crippen molar-refractivity contribution in [3.63, 3.8) is 0 Å². The molecule has 1 aromatic rings. The van der Waals surface area contributed by atoms with E-state index < -0.39 is 0 Å². The van der Waals surface area contributed by atoms with Crippen LogP contribution in [-0.2, 0) is 9.59 Å². The van der Waals surface area contributed by atoms with Gasteiger partial charge in [0.2, 0.25) is 11.8 Å². The number of nitrogens with one attached hydrogen (secondary N) is 2. The molecule has 1 fully saturated rings. The molecule has 0 spiro atoms. The van der Waals surface area contributed by atoms with Crippen molar-refractivity contribution in [2.24, 2.45) is 11.7 Å². The van der Waals surface area contributed by atoms with Crippen LogP contribution in [0.2, 0.25) is 5.02 Å². The molecule has 1 saturated carbocycles. The van der Waals surface area contributed by atoms with Gasteiger partial charge in [0.15, 0.2) is 0 Å². The third-order valence-corrected chi connectivity index (χ3v) is 4.16. The number of amides is 2. The van der Waals surface area contributed by atoms with Crippen LogP contribution in [0.5, 0.6) is 0 Å². The van der Waals surface area contributed by atoms with Crippen LogP contribution in [-0.4, -0.2) is 24.4 Å². The predicted octanol–water partition coefficient (Wildman–Crippen LogP) is 1.91. The molecule has 5 nitrogen and oxygen atoms in total. The first-order valence-electron chi connectivity index (χ1n) is 7.13. The molecule has 0 bridgehead atoms. The van der Waals surface area contributed by atoms with Crippen molar-refractivity contribution in [1.29, 1.82) is 0 Å². The van der Waals surface area contributed by atoms with E-state index in [4.69, 9.17) is 17.3 Å². The van der Waals surface area contributed by atoms with Gasteiger partial charge in [-0.15, -0.1) is 0 Å². The Bertz CT molecular complexity index is 513. The summed E-state index contributed by atoms with van der Waals surface area (Å²) in [6.07, 6.45) is 3.32. The fourth-order valence-corrected chi connectivity index (χ4v) is 2.76. The number of carbonyl (C=O) groups is 2. The number of nitrogens with two attached hydrogens (primary N) is 1. The molecule has 0 aromatic heterocycles. The molecule has 2 amide bonds. The second-order valence-corrected chi connectivity index (χ2v) is 5.77. The lowest BCUT2D eigenvalue weighted by molar-refractivity contribution is -0.123. The van der Waals surface area contributed by atoms with Gasteiger partial charge in [-0.3, -0.25) is 9.59 Å². The normalized spacial score (nSPS) is 21.8. The molecule has 1 aromatic carbocycles. The second kappa shape index (κ2) is 7.43. The zero-order valence-corrected chi connectivity index (χ0v) is 12.5. The van der Waals surface area contributed by atoms with E-state index in [2.05, 4.69) is 10.6 Å². The smallest absolute Gasteiger partial charge is 0.238 e. The van der Waals surface area contributed by atoms with Crippen LogP contribution in [0.4, 0.5) is 5.69 Å². The highest BCUT2D eigenvalue weighted by Gasteiger charge is 2.24. The summed E-state index contributed by atoms with van der Waals surface area (Å²) in [6.45, 7) is 0.233. The Balaban J connectivity index is 1.73. The van der Waals surface area contributed by atoms with Crippen molar-refractivity contribution in [2.75, 3.05) is 11.9 Å². The maximum atomic E-state index is 11.9. The van der Waals surface area contributed by atoms with Gasteiger partial charge >= 0.3 is 0 Å². The molecule has 1 aliphatic carbocycles. The molecule has 0 unspecified atom stereocenters. The van der Waals surface area contributed by atoms with Crippen molar-refractivity contribution in [3.05, 3.63) is 29.3 Å². The third kappa shape index (κ3) is 4.72. The molecule has 4 N–H and O–H groups in total. The van der Waals surface area contributed by atoms with Crippen molar-refractivity contribution in [3.8, 4) is 0 Å². The predicted molar refractivity (Wildman–Crippen MR) is 83.0 cm³/mol. The van der Waals surface area contributed by atoms with E-state index in [0.717, 1.165) is 25.7 Å². The summed E-state index contributed by atoms with van der Waals surface area (Å²) in [4.78, 5) is 23.0. The molecule has 0 radical (unpaired) electrons. The first kappa shape index (κ1) is 15.8. The second-order valence-electron chi connectivity index (χ2n) is 5.36. The van der Waals surface area contributed by atoms with Crippen molar-refractivity contribution in [2.45, 2.75) is 31.7 Å². The Morgan fingerprint density at radius 2 is 1.86 bits per heavy atom. The molecule has 2 rings (SSSR count). The van der Waals surface area contributed by atoms with E-state index in [0.29, 0.717) is 10.7 Å². The van der Waals surface area contributed by atoms with Gasteiger partial charge in [-0.1, -0.05) is 23.7 Å². The number of primary amides is 1. The van der Waals surface area contributed by atoms with E-state index in [1.54, 1.807) is 12.1 Å². The summed E-state index contributed by atoms with van der Waals surface area (Å²) in [5.74, 6) is -0.356. The van der Waals surface area contributed by atoms with Gasteiger partial charge < -0.3 is 16.4 Å². The van der Waals surface area contributed by atoms with E-state index in [-0.39, 0.29) is 30.3 Å². The first-order chi connectivity index (χ1) is 10.1. The average molecular weight is 310 g/mol. The van der Waals surface area contributed by atoms with Crippen LogP contribution in [0.1, 0.15) is 25.7 Å². The van der Waals surface area contributed by atoms with Crippen LogP contribution >= 0.6 is 11.6 Å². The largest absolute Gasteiger partial charge is 0.369 e. The van der Waals surface area contributed by atoms with Gasteiger partial charge in [-0.2, -0.15) is 0 Å². The lowest BCUT2D eigenvalue weighted by atomic mass is 9.85. The summed E-state index contributed by atoms with van der Waals surface area (Å²) in [6, 6.07) is 7.39. The number of halogens is 1. The van der Waals surface area contributed by atoms with Gasteiger partial charge in [0.05, 0.1) is 17.3 Å². The van der Waals surface area contributed by atoms with Crippen molar-refractivity contribution < 1.29 is 9.59 Å². The number of hydrogen-bond donors (Lipinski definition) is 3. The van der Waals surface area contributed by atoms with E-state index in [1.807, 2.05) is 12.1 Å². The highest BCUT2D eigenvalue weighted by molar-refractivity contribution is 6.33.